The van der Waals surface area contributed by atoms with Crippen LogP contribution in [0.3, 0.4) is 0 Å². The molecule has 0 bridgehead atoms. The van der Waals surface area contributed by atoms with E-state index in [1.807, 2.05) is 0 Å². The van der Waals surface area contributed by atoms with Crippen LogP contribution in [-0.2, 0) is 4.79 Å². The Morgan fingerprint density at radius 1 is 0.857 bits per heavy atom. The third kappa shape index (κ3) is 6.82. The predicted molar refractivity (Wildman–Crippen MR) is 86.5 cm³/mol. The van der Waals surface area contributed by atoms with Crippen molar-refractivity contribution < 1.29 is 9.90 Å². The van der Waals surface area contributed by atoms with Gasteiger partial charge in [0.15, 0.2) is 0 Å². The minimum absolute atomic E-state index is 0.325. The Bertz CT molecular complexity index is 274. The van der Waals surface area contributed by atoms with Crippen LogP contribution in [0.4, 0.5) is 0 Å². The zero-order valence-electron chi connectivity index (χ0n) is 13.6. The lowest BCUT2D eigenvalue weighted by Gasteiger charge is -2.33. The van der Waals surface area contributed by atoms with Gasteiger partial charge in [-0.2, -0.15) is 0 Å². The highest BCUT2D eigenvalue weighted by atomic mass is 16.4. The summed E-state index contributed by atoms with van der Waals surface area (Å²) in [6.45, 7) is 3.42. The lowest BCUT2D eigenvalue weighted by molar-refractivity contribution is -0.137. The van der Waals surface area contributed by atoms with Crippen LogP contribution in [0.2, 0.25) is 0 Å². The van der Waals surface area contributed by atoms with Gasteiger partial charge in [0.1, 0.15) is 0 Å². The summed E-state index contributed by atoms with van der Waals surface area (Å²) in [5, 5.41) is 8.85. The largest absolute Gasteiger partial charge is 0.481 e. The molecule has 21 heavy (non-hydrogen) atoms. The summed E-state index contributed by atoms with van der Waals surface area (Å²) in [4.78, 5) is 13.3. The fraction of sp³-hybridized carbons (Fsp3) is 0.944. The van der Waals surface area contributed by atoms with Crippen molar-refractivity contribution in [1.29, 1.82) is 0 Å². The van der Waals surface area contributed by atoms with Crippen LogP contribution in [0.25, 0.3) is 0 Å². The highest BCUT2D eigenvalue weighted by molar-refractivity contribution is 5.66. The number of rotatable bonds is 8. The number of hydrogen-bond donors (Lipinski definition) is 1. The van der Waals surface area contributed by atoms with E-state index in [0.29, 0.717) is 6.42 Å². The van der Waals surface area contributed by atoms with Gasteiger partial charge in [-0.05, 0) is 50.5 Å². The third-order valence-corrected chi connectivity index (χ3v) is 5.35. The minimum atomic E-state index is -0.648. The monoisotopic (exact) mass is 295 g/mol. The Kier molecular flexibility index (Phi) is 7.56. The quantitative estimate of drug-likeness (QED) is 0.725. The second kappa shape index (κ2) is 9.45. The number of carboxylic acids is 1. The molecule has 2 rings (SSSR count). The van der Waals surface area contributed by atoms with Gasteiger partial charge in [0, 0.05) is 19.5 Å². The molecule has 2 aliphatic rings. The summed E-state index contributed by atoms with van der Waals surface area (Å²) >= 11 is 0. The summed E-state index contributed by atoms with van der Waals surface area (Å²) in [5.74, 6) is 1.09. The van der Waals surface area contributed by atoms with Crippen LogP contribution in [0.15, 0.2) is 0 Å². The van der Waals surface area contributed by atoms with Crippen molar-refractivity contribution in [3.8, 4) is 0 Å². The molecule has 2 fully saturated rings. The van der Waals surface area contributed by atoms with Gasteiger partial charge in [-0.3, -0.25) is 4.79 Å². The molecule has 0 atom stereocenters. The van der Waals surface area contributed by atoms with E-state index in [1.54, 1.807) is 0 Å². The second-order valence-corrected chi connectivity index (χ2v) is 7.26. The van der Waals surface area contributed by atoms with Crippen LogP contribution >= 0.6 is 0 Å². The van der Waals surface area contributed by atoms with Crippen molar-refractivity contribution in [2.45, 2.75) is 77.0 Å². The lowest BCUT2D eigenvalue weighted by atomic mass is 9.87. The number of aliphatic carboxylic acids is 1. The topological polar surface area (TPSA) is 40.5 Å². The van der Waals surface area contributed by atoms with Gasteiger partial charge < -0.3 is 10.0 Å². The number of carbonyl (C=O) groups is 1. The maximum atomic E-state index is 10.7. The highest BCUT2D eigenvalue weighted by Gasteiger charge is 2.21. The lowest BCUT2D eigenvalue weighted by Crippen LogP contribution is -2.36. The van der Waals surface area contributed by atoms with Crippen molar-refractivity contribution in [2.75, 3.05) is 19.6 Å². The molecule has 0 unspecified atom stereocenters. The molecule has 2 saturated carbocycles. The first-order chi connectivity index (χ1) is 10.2. The Morgan fingerprint density at radius 3 is 1.76 bits per heavy atom. The molecule has 0 aromatic heterocycles. The van der Waals surface area contributed by atoms with E-state index in [9.17, 15) is 4.79 Å². The molecule has 1 N–H and O–H groups in total. The van der Waals surface area contributed by atoms with Gasteiger partial charge >= 0.3 is 5.97 Å². The third-order valence-electron chi connectivity index (χ3n) is 5.35. The molecule has 3 heteroatoms. The average Bonchev–Trinajstić information content (AvgIpc) is 2.49. The average molecular weight is 295 g/mol. The van der Waals surface area contributed by atoms with Crippen LogP contribution in [0, 0.1) is 11.8 Å². The van der Waals surface area contributed by atoms with E-state index >= 15 is 0 Å². The van der Waals surface area contributed by atoms with E-state index < -0.39 is 5.97 Å². The molecule has 3 nitrogen and oxygen atoms in total. The smallest absolute Gasteiger partial charge is 0.303 e. The SMILES string of the molecule is O=C(O)CCCN(CC1CCCCC1)CC1CCCCC1. The molecule has 0 spiro atoms. The zero-order chi connectivity index (χ0) is 14.9. The van der Waals surface area contributed by atoms with Gasteiger partial charge in [-0.15, -0.1) is 0 Å². The zero-order valence-corrected chi connectivity index (χ0v) is 13.6. The van der Waals surface area contributed by atoms with Crippen molar-refractivity contribution in [3.63, 3.8) is 0 Å². The summed E-state index contributed by atoms with van der Waals surface area (Å²) in [6, 6.07) is 0. The number of nitrogens with zero attached hydrogens (tertiary/aromatic N) is 1. The summed E-state index contributed by atoms with van der Waals surface area (Å²) in [5.41, 5.74) is 0. The van der Waals surface area contributed by atoms with E-state index in [-0.39, 0.29) is 0 Å². The van der Waals surface area contributed by atoms with Crippen molar-refractivity contribution in [1.82, 2.24) is 4.90 Å². The highest BCUT2D eigenvalue weighted by Crippen LogP contribution is 2.27. The molecule has 0 radical (unpaired) electrons. The fourth-order valence-electron chi connectivity index (χ4n) is 4.18. The van der Waals surface area contributed by atoms with Gasteiger partial charge in [-0.25, -0.2) is 0 Å². The fourth-order valence-corrected chi connectivity index (χ4v) is 4.18. The van der Waals surface area contributed by atoms with Gasteiger partial charge in [0.25, 0.3) is 0 Å². The number of carboxylic acid groups (broad SMARTS) is 1. The van der Waals surface area contributed by atoms with Crippen LogP contribution in [-0.4, -0.2) is 35.6 Å². The van der Waals surface area contributed by atoms with Crippen LogP contribution < -0.4 is 0 Å². The normalized spacial score (nSPS) is 21.8. The first kappa shape index (κ1) is 16.8. The molecular weight excluding hydrogens is 262 g/mol. The van der Waals surface area contributed by atoms with Crippen LogP contribution in [0.1, 0.15) is 77.0 Å². The molecule has 0 aliphatic heterocycles. The molecular formula is C18H33NO2. The van der Waals surface area contributed by atoms with Crippen LogP contribution in [0.5, 0.6) is 0 Å². The Balaban J connectivity index is 1.77. The maximum Gasteiger partial charge on any atom is 0.303 e. The van der Waals surface area contributed by atoms with E-state index in [0.717, 1.165) is 24.8 Å². The molecule has 0 amide bonds. The van der Waals surface area contributed by atoms with Gasteiger partial charge in [0.2, 0.25) is 0 Å². The number of hydrogen-bond acceptors (Lipinski definition) is 2. The maximum absolute atomic E-state index is 10.7. The van der Waals surface area contributed by atoms with Crippen molar-refractivity contribution >= 4 is 5.97 Å². The van der Waals surface area contributed by atoms with Gasteiger partial charge in [-0.1, -0.05) is 38.5 Å². The molecule has 0 aromatic carbocycles. The van der Waals surface area contributed by atoms with Gasteiger partial charge in [0.05, 0.1) is 0 Å². The van der Waals surface area contributed by atoms with Crippen molar-refractivity contribution in [3.05, 3.63) is 0 Å². The summed E-state index contributed by atoms with van der Waals surface area (Å²) < 4.78 is 0. The summed E-state index contributed by atoms with van der Waals surface area (Å²) in [6.07, 6.45) is 15.1. The Labute approximate surface area is 130 Å². The standard InChI is InChI=1S/C18H33NO2/c20-18(21)12-7-13-19(14-16-8-3-1-4-9-16)15-17-10-5-2-6-11-17/h16-17H,1-15H2,(H,20,21). The van der Waals surface area contributed by atoms with E-state index in [2.05, 4.69) is 4.90 Å². The molecule has 0 saturated heterocycles. The molecule has 122 valence electrons. The van der Waals surface area contributed by atoms with E-state index in [1.165, 1.54) is 77.3 Å². The van der Waals surface area contributed by atoms with Crippen molar-refractivity contribution in [2.24, 2.45) is 11.8 Å². The molecule has 2 aliphatic carbocycles. The first-order valence-corrected chi connectivity index (χ1v) is 9.18. The Hall–Kier alpha value is -0.570. The molecule has 0 aromatic rings. The predicted octanol–water partition coefficient (Wildman–Crippen LogP) is 4.31. The van der Waals surface area contributed by atoms with E-state index in [4.69, 9.17) is 5.11 Å². The Morgan fingerprint density at radius 2 is 1.33 bits per heavy atom. The summed E-state index contributed by atoms with van der Waals surface area (Å²) in [7, 11) is 0. The second-order valence-electron chi connectivity index (χ2n) is 7.26. The minimum Gasteiger partial charge on any atom is -0.481 e. The molecule has 0 heterocycles. The first-order valence-electron chi connectivity index (χ1n) is 9.18.